The number of hydrogen-bond donors (Lipinski definition) is 0. The Balaban J connectivity index is 1.41. The monoisotopic (exact) mass is 523 g/mol. The smallest absolute Gasteiger partial charge is 0.308 e. The molecule has 1 aromatic carbocycles. The van der Waals surface area contributed by atoms with Crippen LogP contribution < -0.4 is 9.77 Å². The van der Waals surface area contributed by atoms with Gasteiger partial charge in [0.05, 0.1) is 33.7 Å². The van der Waals surface area contributed by atoms with Crippen molar-refractivity contribution < 1.29 is 18.8 Å². The molecule has 36 heavy (non-hydrogen) atoms. The number of amides is 3. The van der Waals surface area contributed by atoms with E-state index >= 15 is 0 Å². The van der Waals surface area contributed by atoms with Crippen LogP contribution in [0, 0.1) is 12.8 Å². The number of carbonyl (C=O) groups excluding carboxylic acids is 3. The molecule has 3 amide bonds. The second-order valence-corrected chi connectivity index (χ2v) is 11.6. The molecule has 0 radical (unpaired) electrons. The van der Waals surface area contributed by atoms with Gasteiger partial charge in [-0.25, -0.2) is 4.90 Å². The van der Waals surface area contributed by atoms with Crippen LogP contribution in [0.15, 0.2) is 56.9 Å². The van der Waals surface area contributed by atoms with E-state index in [0.29, 0.717) is 34.4 Å². The minimum atomic E-state index is -0.716. The van der Waals surface area contributed by atoms with Gasteiger partial charge < -0.3 is 9.32 Å². The summed E-state index contributed by atoms with van der Waals surface area (Å²) in [6.45, 7) is 3.28. The van der Waals surface area contributed by atoms with Crippen molar-refractivity contribution in [1.82, 2.24) is 9.47 Å². The van der Waals surface area contributed by atoms with Gasteiger partial charge >= 0.3 is 4.87 Å². The SMILES string of the molecule is Cc1ccc(N2C(=O)C3Sc4c(sc(=O)n4CC(=O)N4CCCCC4)[C@H](c4ccco4)C3C2=O)cc1. The van der Waals surface area contributed by atoms with E-state index in [1.165, 1.54) is 27.5 Å². The molecule has 0 N–H and O–H groups in total. The van der Waals surface area contributed by atoms with E-state index in [1.54, 1.807) is 24.3 Å². The highest BCUT2D eigenvalue weighted by Gasteiger charge is 2.57. The molecule has 2 aromatic heterocycles. The average molecular weight is 524 g/mol. The molecule has 3 aliphatic rings. The number of likely N-dealkylation sites (tertiary alicyclic amines) is 1. The highest BCUT2D eigenvalue weighted by molar-refractivity contribution is 8.00. The van der Waals surface area contributed by atoms with Crippen molar-refractivity contribution in [3.8, 4) is 0 Å². The van der Waals surface area contributed by atoms with Crippen molar-refractivity contribution >= 4 is 46.5 Å². The quantitative estimate of drug-likeness (QED) is 0.485. The topological polar surface area (TPSA) is 92.8 Å². The summed E-state index contributed by atoms with van der Waals surface area (Å²) in [5.41, 5.74) is 1.56. The maximum absolute atomic E-state index is 13.7. The fraction of sp³-hybridized carbons (Fsp3) is 0.385. The normalized spacial score (nSPS) is 23.6. The van der Waals surface area contributed by atoms with E-state index < -0.39 is 17.1 Å². The Morgan fingerprint density at radius 1 is 1.03 bits per heavy atom. The molecule has 3 aromatic rings. The van der Waals surface area contributed by atoms with Crippen LogP contribution in [0.5, 0.6) is 0 Å². The summed E-state index contributed by atoms with van der Waals surface area (Å²) in [6, 6.07) is 10.8. The first kappa shape index (κ1) is 23.3. The number of benzene rings is 1. The molecule has 2 unspecified atom stereocenters. The Kier molecular flexibility index (Phi) is 5.88. The van der Waals surface area contributed by atoms with Gasteiger partial charge in [0, 0.05) is 13.1 Å². The number of anilines is 1. The lowest BCUT2D eigenvalue weighted by molar-refractivity contribution is -0.133. The Bertz CT molecular complexity index is 1390. The molecule has 5 heterocycles. The molecule has 0 saturated carbocycles. The van der Waals surface area contributed by atoms with Gasteiger partial charge in [0.1, 0.15) is 17.6 Å². The van der Waals surface area contributed by atoms with Crippen molar-refractivity contribution in [1.29, 1.82) is 0 Å². The number of piperidine rings is 1. The van der Waals surface area contributed by atoms with Crippen molar-refractivity contribution in [2.45, 2.75) is 48.9 Å². The first-order chi connectivity index (χ1) is 17.4. The zero-order valence-corrected chi connectivity index (χ0v) is 21.3. The van der Waals surface area contributed by atoms with Crippen molar-refractivity contribution in [2.24, 2.45) is 5.92 Å². The minimum absolute atomic E-state index is 0.0657. The maximum atomic E-state index is 13.7. The summed E-state index contributed by atoms with van der Waals surface area (Å²) in [5.74, 6) is -1.44. The summed E-state index contributed by atoms with van der Waals surface area (Å²) >= 11 is 2.26. The molecular weight excluding hydrogens is 498 g/mol. The van der Waals surface area contributed by atoms with Crippen molar-refractivity contribution in [2.75, 3.05) is 18.0 Å². The number of hydrogen-bond acceptors (Lipinski definition) is 7. The number of furan rings is 1. The lowest BCUT2D eigenvalue weighted by Gasteiger charge is -2.30. The van der Waals surface area contributed by atoms with Gasteiger partial charge in [0.2, 0.25) is 17.7 Å². The van der Waals surface area contributed by atoms with Gasteiger partial charge in [-0.3, -0.25) is 23.7 Å². The van der Waals surface area contributed by atoms with Crippen molar-refractivity contribution in [3.05, 3.63) is 68.5 Å². The molecule has 0 aliphatic carbocycles. The summed E-state index contributed by atoms with van der Waals surface area (Å²) in [7, 11) is 0. The number of nitrogens with zero attached hydrogens (tertiary/aromatic N) is 3. The largest absolute Gasteiger partial charge is 0.469 e. The third-order valence-corrected chi connectivity index (χ3v) is 9.80. The number of thiazole rings is 1. The van der Waals surface area contributed by atoms with E-state index in [-0.39, 0.29) is 29.1 Å². The van der Waals surface area contributed by atoms with Gasteiger partial charge in [0.15, 0.2) is 0 Å². The van der Waals surface area contributed by atoms with Crippen LogP contribution in [0.4, 0.5) is 5.69 Å². The molecule has 186 valence electrons. The third kappa shape index (κ3) is 3.74. The Morgan fingerprint density at radius 3 is 2.47 bits per heavy atom. The van der Waals surface area contributed by atoms with Crippen LogP contribution >= 0.6 is 23.1 Å². The van der Waals surface area contributed by atoms with E-state index in [9.17, 15) is 19.2 Å². The molecule has 8 nitrogen and oxygen atoms in total. The van der Waals surface area contributed by atoms with Crippen LogP contribution in [0.3, 0.4) is 0 Å². The summed E-state index contributed by atoms with van der Waals surface area (Å²) < 4.78 is 7.22. The fourth-order valence-electron chi connectivity index (χ4n) is 5.36. The number of rotatable bonds is 4. The summed E-state index contributed by atoms with van der Waals surface area (Å²) in [6.07, 6.45) is 4.57. The van der Waals surface area contributed by atoms with Gasteiger partial charge in [0.25, 0.3) is 0 Å². The molecule has 0 spiro atoms. The molecule has 10 heteroatoms. The van der Waals surface area contributed by atoms with Crippen molar-refractivity contribution in [3.63, 3.8) is 0 Å². The lowest BCUT2D eigenvalue weighted by Crippen LogP contribution is -2.39. The second-order valence-electron chi connectivity index (χ2n) is 9.47. The zero-order chi connectivity index (χ0) is 25.0. The summed E-state index contributed by atoms with van der Waals surface area (Å²) in [5, 5.41) is -0.128. The van der Waals surface area contributed by atoms with Gasteiger partial charge in [-0.1, -0.05) is 40.8 Å². The highest BCUT2D eigenvalue weighted by atomic mass is 32.2. The number of imide groups is 1. The van der Waals surface area contributed by atoms with E-state index in [2.05, 4.69) is 0 Å². The predicted molar refractivity (Wildman–Crippen MR) is 136 cm³/mol. The Hall–Kier alpha value is -3.11. The molecule has 0 bridgehead atoms. The van der Waals surface area contributed by atoms with Gasteiger partial charge in [-0.15, -0.1) is 0 Å². The van der Waals surface area contributed by atoms with Crippen LogP contribution in [0.1, 0.15) is 41.4 Å². The van der Waals surface area contributed by atoms with Crippen LogP contribution in [-0.4, -0.2) is 45.5 Å². The number of aryl methyl sites for hydroxylation is 1. The summed E-state index contributed by atoms with van der Waals surface area (Å²) in [4.78, 5) is 57.0. The molecule has 3 aliphatic heterocycles. The molecule has 2 saturated heterocycles. The van der Waals surface area contributed by atoms with Crippen LogP contribution in [-0.2, 0) is 20.9 Å². The third-order valence-electron chi connectivity index (χ3n) is 7.19. The van der Waals surface area contributed by atoms with Gasteiger partial charge in [-0.2, -0.15) is 0 Å². The fourth-order valence-corrected chi connectivity index (χ4v) is 8.11. The molecular formula is C26H25N3O5S2. The first-order valence-electron chi connectivity index (χ1n) is 12.1. The Labute approximate surface area is 215 Å². The predicted octanol–water partition coefficient (Wildman–Crippen LogP) is 3.62. The van der Waals surface area contributed by atoms with E-state index in [0.717, 1.165) is 36.2 Å². The first-order valence-corrected chi connectivity index (χ1v) is 13.8. The molecule has 6 rings (SSSR count). The number of aromatic nitrogens is 1. The minimum Gasteiger partial charge on any atom is -0.469 e. The average Bonchev–Trinajstić information content (AvgIpc) is 3.58. The number of fused-ring (bicyclic) bond motifs is 2. The van der Waals surface area contributed by atoms with E-state index in [4.69, 9.17) is 4.42 Å². The second kappa shape index (κ2) is 9.08. The van der Waals surface area contributed by atoms with Gasteiger partial charge in [-0.05, 0) is 50.5 Å². The Morgan fingerprint density at radius 2 is 1.78 bits per heavy atom. The lowest BCUT2D eigenvalue weighted by atomic mass is 9.87. The zero-order valence-electron chi connectivity index (χ0n) is 19.7. The molecule has 2 fully saturated rings. The standard InChI is InChI=1S/C26H25N3O5S2/c1-15-7-9-16(10-8-15)29-23(31)20-19(17-6-5-13-34-17)22-25(35-21(20)24(29)32)28(26(33)36-22)14-18(30)27-11-3-2-4-12-27/h5-10,13,19-21H,2-4,11-12,14H2,1H3/t19-,20?,21?/m1/s1. The highest BCUT2D eigenvalue weighted by Crippen LogP contribution is 2.53. The van der Waals surface area contributed by atoms with Crippen LogP contribution in [0.25, 0.3) is 0 Å². The number of thioether (sulfide) groups is 1. The maximum Gasteiger partial charge on any atom is 0.308 e. The van der Waals surface area contributed by atoms with Crippen LogP contribution in [0.2, 0.25) is 0 Å². The molecule has 3 atom stereocenters. The number of carbonyl (C=O) groups is 3. The van der Waals surface area contributed by atoms with E-state index in [1.807, 2.05) is 24.0 Å².